The highest BCUT2D eigenvalue weighted by molar-refractivity contribution is 6.37. The normalized spacial score (nSPS) is 16.4. The first-order valence-electron chi connectivity index (χ1n) is 11.5. The number of nitrogens with one attached hydrogen (secondary N) is 1. The van der Waals surface area contributed by atoms with Crippen molar-refractivity contribution in [2.45, 2.75) is 32.2 Å². The molecule has 9 heteroatoms. The molecular weight excluding hydrogens is 520 g/mol. The van der Waals surface area contributed by atoms with E-state index in [1.54, 1.807) is 30.5 Å². The van der Waals surface area contributed by atoms with Crippen LogP contribution in [0.1, 0.15) is 36.5 Å². The van der Waals surface area contributed by atoms with Crippen molar-refractivity contribution in [2.24, 2.45) is 5.92 Å². The van der Waals surface area contributed by atoms with Gasteiger partial charge in [-0.2, -0.15) is 0 Å². The molecule has 0 amide bonds. The van der Waals surface area contributed by atoms with Crippen LogP contribution in [0.15, 0.2) is 66.9 Å². The molecule has 0 radical (unpaired) electrons. The number of aromatic nitrogens is 1. The van der Waals surface area contributed by atoms with Crippen LogP contribution < -0.4 is 4.74 Å². The van der Waals surface area contributed by atoms with Gasteiger partial charge in [-0.1, -0.05) is 53.5 Å². The number of aromatic amines is 1. The monoisotopic (exact) mass is 541 g/mol. The fraction of sp³-hybridized carbons (Fsp3) is 0.214. The molecule has 0 spiro atoms. The Hall–Kier alpha value is -3.55. The Balaban J connectivity index is 1.56. The summed E-state index contributed by atoms with van der Waals surface area (Å²) in [6.07, 6.45) is 1.75. The van der Waals surface area contributed by atoms with E-state index in [4.69, 9.17) is 37.4 Å². The minimum absolute atomic E-state index is 0.112. The van der Waals surface area contributed by atoms with Gasteiger partial charge in [0.05, 0.1) is 10.0 Å². The van der Waals surface area contributed by atoms with E-state index in [1.165, 1.54) is 26.0 Å². The van der Waals surface area contributed by atoms with Gasteiger partial charge < -0.3 is 19.2 Å². The molecule has 1 aromatic heterocycles. The molecule has 0 saturated carbocycles. The van der Waals surface area contributed by atoms with Gasteiger partial charge in [0, 0.05) is 36.9 Å². The second-order valence-corrected chi connectivity index (χ2v) is 10.0. The van der Waals surface area contributed by atoms with Gasteiger partial charge in [-0.05, 0) is 47.0 Å². The number of cyclic esters (lactones) is 2. The van der Waals surface area contributed by atoms with E-state index in [1.807, 2.05) is 24.3 Å². The van der Waals surface area contributed by atoms with Gasteiger partial charge in [-0.15, -0.1) is 0 Å². The number of ether oxygens (including phenoxy) is 3. The average molecular weight is 542 g/mol. The SMILES string of the molecule is CC1(C)OC(=O)C([C@H](c2cc(Cl)c(OCc3ccc(F)cc3)c(Cl)c2)c2c[nH]c3ccccc23)C(=O)O1. The summed E-state index contributed by atoms with van der Waals surface area (Å²) in [5.74, 6) is -5.01. The molecule has 1 atom stereocenters. The van der Waals surface area contributed by atoms with Crippen molar-refractivity contribution in [3.8, 4) is 5.75 Å². The van der Waals surface area contributed by atoms with Crippen LogP contribution in [0.2, 0.25) is 10.0 Å². The maximum Gasteiger partial charge on any atom is 0.324 e. The van der Waals surface area contributed by atoms with E-state index in [0.29, 0.717) is 11.1 Å². The summed E-state index contributed by atoms with van der Waals surface area (Å²) in [5, 5.41) is 1.20. The Morgan fingerprint density at radius 2 is 1.62 bits per heavy atom. The molecule has 1 N–H and O–H groups in total. The van der Waals surface area contributed by atoms with Gasteiger partial charge in [0.2, 0.25) is 0 Å². The van der Waals surface area contributed by atoms with Crippen LogP contribution in [-0.2, 0) is 25.7 Å². The number of fused-ring (bicyclic) bond motifs is 1. The van der Waals surface area contributed by atoms with Crippen molar-refractivity contribution in [1.29, 1.82) is 0 Å². The molecule has 37 heavy (non-hydrogen) atoms. The third-order valence-corrected chi connectivity index (χ3v) is 6.73. The van der Waals surface area contributed by atoms with E-state index in [9.17, 15) is 14.0 Å². The van der Waals surface area contributed by atoms with Crippen LogP contribution >= 0.6 is 23.2 Å². The zero-order valence-electron chi connectivity index (χ0n) is 19.9. The topological polar surface area (TPSA) is 77.6 Å². The molecule has 1 aliphatic heterocycles. The number of benzene rings is 3. The number of rotatable bonds is 6. The number of hydrogen-bond donors (Lipinski definition) is 1. The third-order valence-electron chi connectivity index (χ3n) is 6.17. The lowest BCUT2D eigenvalue weighted by Crippen LogP contribution is -2.48. The highest BCUT2D eigenvalue weighted by Gasteiger charge is 2.48. The average Bonchev–Trinajstić information content (AvgIpc) is 3.25. The quantitative estimate of drug-likeness (QED) is 0.215. The first-order valence-corrected chi connectivity index (χ1v) is 12.3. The third kappa shape index (κ3) is 5.02. The van der Waals surface area contributed by atoms with E-state index >= 15 is 0 Å². The molecule has 2 heterocycles. The summed E-state index contributed by atoms with van der Waals surface area (Å²) < 4.78 is 29.9. The lowest BCUT2D eigenvalue weighted by atomic mass is 9.80. The molecule has 1 saturated heterocycles. The minimum Gasteiger partial charge on any atom is -0.486 e. The summed E-state index contributed by atoms with van der Waals surface area (Å²) in [6.45, 7) is 3.11. The van der Waals surface area contributed by atoms with Gasteiger partial charge in [0.1, 0.15) is 12.4 Å². The molecule has 5 rings (SSSR count). The van der Waals surface area contributed by atoms with Crippen LogP contribution in [-0.4, -0.2) is 22.7 Å². The van der Waals surface area contributed by atoms with Crippen molar-refractivity contribution < 1.29 is 28.2 Å². The largest absolute Gasteiger partial charge is 0.486 e. The number of carbonyl (C=O) groups excluding carboxylic acids is 2. The Kier molecular flexibility index (Phi) is 6.60. The lowest BCUT2D eigenvalue weighted by molar-refractivity contribution is -0.240. The van der Waals surface area contributed by atoms with E-state index in [-0.39, 0.29) is 28.2 Å². The maximum absolute atomic E-state index is 13.2. The number of esters is 2. The van der Waals surface area contributed by atoms with E-state index in [2.05, 4.69) is 4.98 Å². The fourth-order valence-corrected chi connectivity index (χ4v) is 5.15. The summed E-state index contributed by atoms with van der Waals surface area (Å²) in [6, 6.07) is 16.6. The predicted octanol–water partition coefficient (Wildman–Crippen LogP) is 6.78. The molecular formula is C28H22Cl2FNO5. The summed E-state index contributed by atoms with van der Waals surface area (Å²) in [4.78, 5) is 29.5. The van der Waals surface area contributed by atoms with Crippen molar-refractivity contribution in [3.63, 3.8) is 0 Å². The van der Waals surface area contributed by atoms with Gasteiger partial charge >= 0.3 is 11.9 Å². The minimum atomic E-state index is -1.37. The van der Waals surface area contributed by atoms with Crippen molar-refractivity contribution >= 4 is 46.0 Å². The second-order valence-electron chi connectivity index (χ2n) is 9.22. The number of para-hydroxylation sites is 1. The van der Waals surface area contributed by atoms with Gasteiger partial charge in [0.25, 0.3) is 5.79 Å². The number of halogens is 3. The Bertz CT molecular complexity index is 1460. The predicted molar refractivity (Wildman–Crippen MR) is 137 cm³/mol. The van der Waals surface area contributed by atoms with E-state index < -0.39 is 29.6 Å². The van der Waals surface area contributed by atoms with Crippen LogP contribution in [0.25, 0.3) is 10.9 Å². The van der Waals surface area contributed by atoms with Gasteiger partial charge in [-0.3, -0.25) is 9.59 Å². The van der Waals surface area contributed by atoms with Gasteiger partial charge in [-0.25, -0.2) is 4.39 Å². The van der Waals surface area contributed by atoms with Crippen molar-refractivity contribution in [2.75, 3.05) is 0 Å². The summed E-state index contributed by atoms with van der Waals surface area (Å²) in [7, 11) is 0. The van der Waals surface area contributed by atoms with Crippen LogP contribution in [0.5, 0.6) is 5.75 Å². The van der Waals surface area contributed by atoms with Gasteiger partial charge in [0.15, 0.2) is 11.7 Å². The molecule has 0 aliphatic carbocycles. The smallest absolute Gasteiger partial charge is 0.324 e. The molecule has 190 valence electrons. The zero-order valence-corrected chi connectivity index (χ0v) is 21.4. The molecule has 1 fully saturated rings. The Labute approximate surface area is 222 Å². The zero-order chi connectivity index (χ0) is 26.3. The molecule has 4 aromatic rings. The lowest BCUT2D eigenvalue weighted by Gasteiger charge is -2.36. The second kappa shape index (κ2) is 9.72. The number of carbonyl (C=O) groups is 2. The van der Waals surface area contributed by atoms with Crippen LogP contribution in [0.4, 0.5) is 4.39 Å². The highest BCUT2D eigenvalue weighted by atomic mass is 35.5. The Morgan fingerprint density at radius 3 is 2.27 bits per heavy atom. The summed E-state index contributed by atoms with van der Waals surface area (Å²) in [5.41, 5.74) is 2.75. The standard InChI is InChI=1S/C28H22Cl2FNO5/c1-28(2)36-26(33)24(27(34)37-28)23(19-13-32-22-6-4-3-5-18(19)22)16-11-20(29)25(21(30)12-16)35-14-15-7-9-17(31)10-8-15/h3-13,23-24,32H,14H2,1-2H3/t23-/m1/s1. The van der Waals surface area contributed by atoms with Crippen molar-refractivity contribution in [1.82, 2.24) is 4.98 Å². The molecule has 3 aromatic carbocycles. The summed E-state index contributed by atoms with van der Waals surface area (Å²) >= 11 is 13.2. The Morgan fingerprint density at radius 1 is 1.00 bits per heavy atom. The van der Waals surface area contributed by atoms with Crippen LogP contribution in [0.3, 0.4) is 0 Å². The molecule has 0 unspecified atom stereocenters. The molecule has 1 aliphatic rings. The maximum atomic E-state index is 13.2. The van der Waals surface area contributed by atoms with Crippen molar-refractivity contribution in [3.05, 3.63) is 99.4 Å². The fourth-order valence-electron chi connectivity index (χ4n) is 4.54. The number of H-pyrrole nitrogens is 1. The first-order chi connectivity index (χ1) is 17.6. The highest BCUT2D eigenvalue weighted by Crippen LogP contribution is 2.44. The number of hydrogen-bond acceptors (Lipinski definition) is 5. The molecule has 0 bridgehead atoms. The van der Waals surface area contributed by atoms with Crippen LogP contribution in [0, 0.1) is 11.7 Å². The van der Waals surface area contributed by atoms with E-state index in [0.717, 1.165) is 16.5 Å². The first kappa shape index (κ1) is 25.1. The molecule has 6 nitrogen and oxygen atoms in total.